The molecule has 1 amide bonds. The minimum absolute atomic E-state index is 0.230. The Morgan fingerprint density at radius 2 is 1.89 bits per heavy atom. The third kappa shape index (κ3) is 5.50. The Morgan fingerprint density at radius 3 is 2.63 bits per heavy atom. The Labute approximate surface area is 157 Å². The van der Waals surface area contributed by atoms with Crippen LogP contribution in [0.3, 0.4) is 0 Å². The Hall–Kier alpha value is -3.48. The van der Waals surface area contributed by atoms with Crippen molar-refractivity contribution in [3.05, 3.63) is 77.9 Å². The highest BCUT2D eigenvalue weighted by atomic mass is 16.5. The predicted octanol–water partition coefficient (Wildman–Crippen LogP) is 2.46. The summed E-state index contributed by atoms with van der Waals surface area (Å²) in [5, 5.41) is 5.95. The molecular formula is C20H21N5O2. The molecule has 0 aliphatic heterocycles. The number of amides is 1. The number of carbonyl (C=O) groups excluding carboxylic acids is 1. The summed E-state index contributed by atoms with van der Waals surface area (Å²) < 4.78 is 5.14. The number of aromatic nitrogens is 3. The maximum Gasteiger partial charge on any atom is 0.270 e. The van der Waals surface area contributed by atoms with Crippen LogP contribution in [0.4, 0.5) is 5.95 Å². The molecule has 2 heterocycles. The smallest absolute Gasteiger partial charge is 0.270 e. The minimum atomic E-state index is -0.230. The first-order valence-corrected chi connectivity index (χ1v) is 8.62. The maximum absolute atomic E-state index is 12.3. The minimum Gasteiger partial charge on any atom is -0.497 e. The number of ether oxygens (including phenoxy) is 1. The zero-order chi connectivity index (χ0) is 18.9. The molecule has 7 nitrogen and oxygen atoms in total. The number of methoxy groups -OCH3 is 1. The second-order valence-corrected chi connectivity index (χ2v) is 5.79. The van der Waals surface area contributed by atoms with Crippen LogP contribution in [0.5, 0.6) is 5.75 Å². The molecular weight excluding hydrogens is 342 g/mol. The predicted molar refractivity (Wildman–Crippen MR) is 103 cm³/mol. The van der Waals surface area contributed by atoms with Gasteiger partial charge in [0.25, 0.3) is 5.91 Å². The van der Waals surface area contributed by atoms with E-state index in [-0.39, 0.29) is 5.91 Å². The average Bonchev–Trinajstić information content (AvgIpc) is 2.73. The van der Waals surface area contributed by atoms with Gasteiger partial charge in [-0.15, -0.1) is 0 Å². The van der Waals surface area contributed by atoms with E-state index in [1.807, 2.05) is 42.5 Å². The monoisotopic (exact) mass is 363 g/mol. The van der Waals surface area contributed by atoms with E-state index in [0.29, 0.717) is 24.7 Å². The van der Waals surface area contributed by atoms with Gasteiger partial charge < -0.3 is 15.4 Å². The van der Waals surface area contributed by atoms with Crippen molar-refractivity contribution in [1.29, 1.82) is 0 Å². The summed E-state index contributed by atoms with van der Waals surface area (Å²) in [6.07, 6.45) is 4.02. The molecule has 1 aromatic carbocycles. The number of nitrogens with zero attached hydrogens (tertiary/aromatic N) is 3. The van der Waals surface area contributed by atoms with Gasteiger partial charge in [-0.1, -0.05) is 18.2 Å². The Morgan fingerprint density at radius 1 is 1.04 bits per heavy atom. The van der Waals surface area contributed by atoms with Gasteiger partial charge in [0.05, 0.1) is 19.3 Å². The average molecular weight is 363 g/mol. The van der Waals surface area contributed by atoms with E-state index in [0.717, 1.165) is 23.4 Å². The van der Waals surface area contributed by atoms with Crippen LogP contribution in [0.25, 0.3) is 0 Å². The Kier molecular flexibility index (Phi) is 6.30. The van der Waals surface area contributed by atoms with E-state index < -0.39 is 0 Å². The molecule has 0 spiro atoms. The first kappa shape index (κ1) is 18.3. The second-order valence-electron chi connectivity index (χ2n) is 5.79. The fourth-order valence-corrected chi connectivity index (χ4v) is 2.45. The number of rotatable bonds is 8. The molecule has 0 saturated carbocycles. The summed E-state index contributed by atoms with van der Waals surface area (Å²) in [4.78, 5) is 24.9. The zero-order valence-electron chi connectivity index (χ0n) is 15.1. The van der Waals surface area contributed by atoms with E-state index in [1.54, 1.807) is 25.6 Å². The van der Waals surface area contributed by atoms with Crippen LogP contribution >= 0.6 is 0 Å². The molecule has 0 aliphatic carbocycles. The highest BCUT2D eigenvalue weighted by molar-refractivity contribution is 5.92. The number of nitrogens with one attached hydrogen (secondary N) is 2. The summed E-state index contributed by atoms with van der Waals surface area (Å²) >= 11 is 0. The number of carbonyl (C=O) groups is 1. The molecule has 0 bridgehead atoms. The van der Waals surface area contributed by atoms with Crippen LogP contribution < -0.4 is 15.4 Å². The zero-order valence-corrected chi connectivity index (χ0v) is 15.1. The molecule has 0 atom stereocenters. The lowest BCUT2D eigenvalue weighted by Crippen LogP contribution is -2.26. The normalized spacial score (nSPS) is 10.3. The molecule has 2 aromatic heterocycles. The third-order valence-corrected chi connectivity index (χ3v) is 3.90. The third-order valence-electron chi connectivity index (χ3n) is 3.90. The lowest BCUT2D eigenvalue weighted by Gasteiger charge is -2.08. The van der Waals surface area contributed by atoms with Crippen molar-refractivity contribution in [2.24, 2.45) is 0 Å². The molecule has 7 heteroatoms. The molecule has 2 N–H and O–H groups in total. The van der Waals surface area contributed by atoms with Crippen LogP contribution in [-0.2, 0) is 13.0 Å². The number of pyridine rings is 1. The van der Waals surface area contributed by atoms with Crippen molar-refractivity contribution in [3.8, 4) is 5.75 Å². The Bertz CT molecular complexity index is 869. The lowest BCUT2D eigenvalue weighted by atomic mass is 10.1. The van der Waals surface area contributed by atoms with Crippen LogP contribution in [0, 0.1) is 0 Å². The van der Waals surface area contributed by atoms with Crippen molar-refractivity contribution >= 4 is 11.9 Å². The van der Waals surface area contributed by atoms with Crippen molar-refractivity contribution in [2.75, 3.05) is 19.0 Å². The quantitative estimate of drug-likeness (QED) is 0.639. The number of anilines is 1. The van der Waals surface area contributed by atoms with Crippen molar-refractivity contribution < 1.29 is 9.53 Å². The van der Waals surface area contributed by atoms with Crippen LogP contribution in [0.2, 0.25) is 0 Å². The largest absolute Gasteiger partial charge is 0.497 e. The topological polar surface area (TPSA) is 89.0 Å². The highest BCUT2D eigenvalue weighted by Crippen LogP contribution is 2.11. The number of benzene rings is 1. The summed E-state index contributed by atoms with van der Waals surface area (Å²) in [6, 6.07) is 15.0. The van der Waals surface area contributed by atoms with E-state index in [9.17, 15) is 4.79 Å². The molecule has 0 aliphatic rings. The first-order chi connectivity index (χ1) is 13.2. The van der Waals surface area contributed by atoms with Gasteiger partial charge in [-0.3, -0.25) is 9.78 Å². The fourth-order valence-electron chi connectivity index (χ4n) is 2.45. The van der Waals surface area contributed by atoms with Gasteiger partial charge in [0, 0.05) is 18.9 Å². The molecule has 0 unspecified atom stereocenters. The highest BCUT2D eigenvalue weighted by Gasteiger charge is 2.08. The molecule has 0 fully saturated rings. The van der Waals surface area contributed by atoms with Gasteiger partial charge in [-0.25, -0.2) is 9.97 Å². The van der Waals surface area contributed by atoms with Gasteiger partial charge >= 0.3 is 0 Å². The Balaban J connectivity index is 1.50. The van der Waals surface area contributed by atoms with Crippen molar-refractivity contribution in [1.82, 2.24) is 20.3 Å². The second kappa shape index (κ2) is 9.28. The molecule has 0 saturated heterocycles. The molecule has 3 aromatic rings. The summed E-state index contributed by atoms with van der Waals surface area (Å²) in [7, 11) is 1.64. The van der Waals surface area contributed by atoms with Gasteiger partial charge in [-0.05, 0) is 42.3 Å². The standard InChI is InChI=1S/C20H21N5O2/c1-27-17-7-5-15(6-8-17)9-12-22-19(26)18-10-13-23-20(25-18)24-14-16-4-2-3-11-21-16/h2-8,10-11,13H,9,12,14H2,1H3,(H,22,26)(H,23,24,25). The van der Waals surface area contributed by atoms with Gasteiger partial charge in [0.2, 0.25) is 5.95 Å². The number of hydrogen-bond acceptors (Lipinski definition) is 6. The summed E-state index contributed by atoms with van der Waals surface area (Å²) in [6.45, 7) is 1.01. The van der Waals surface area contributed by atoms with Crippen molar-refractivity contribution in [2.45, 2.75) is 13.0 Å². The van der Waals surface area contributed by atoms with E-state index in [1.165, 1.54) is 0 Å². The molecule has 138 valence electrons. The molecule has 27 heavy (non-hydrogen) atoms. The van der Waals surface area contributed by atoms with E-state index in [4.69, 9.17) is 4.74 Å². The summed E-state index contributed by atoms with van der Waals surface area (Å²) in [5.41, 5.74) is 2.32. The first-order valence-electron chi connectivity index (χ1n) is 8.62. The maximum atomic E-state index is 12.3. The van der Waals surface area contributed by atoms with Crippen molar-refractivity contribution in [3.63, 3.8) is 0 Å². The van der Waals surface area contributed by atoms with Gasteiger partial charge in [0.15, 0.2) is 0 Å². The van der Waals surface area contributed by atoms with Crippen LogP contribution in [0.1, 0.15) is 21.7 Å². The van der Waals surface area contributed by atoms with Gasteiger partial charge in [-0.2, -0.15) is 0 Å². The lowest BCUT2D eigenvalue weighted by molar-refractivity contribution is 0.0949. The fraction of sp³-hybridized carbons (Fsp3) is 0.200. The van der Waals surface area contributed by atoms with E-state index in [2.05, 4.69) is 25.6 Å². The SMILES string of the molecule is COc1ccc(CCNC(=O)c2ccnc(NCc3ccccn3)n2)cc1. The number of hydrogen-bond donors (Lipinski definition) is 2. The van der Waals surface area contributed by atoms with Gasteiger partial charge in [0.1, 0.15) is 11.4 Å². The summed E-state index contributed by atoms with van der Waals surface area (Å²) in [5.74, 6) is 0.977. The van der Waals surface area contributed by atoms with Crippen LogP contribution in [0.15, 0.2) is 60.9 Å². The van der Waals surface area contributed by atoms with E-state index >= 15 is 0 Å². The molecule has 3 rings (SSSR count). The van der Waals surface area contributed by atoms with Crippen LogP contribution in [-0.4, -0.2) is 34.5 Å². The molecule has 0 radical (unpaired) electrons.